The lowest BCUT2D eigenvalue weighted by Gasteiger charge is -2.13. The number of nitrogens with two attached hydrogens (primary N) is 1. The van der Waals surface area contributed by atoms with Crippen LogP contribution in [0.5, 0.6) is 0 Å². The molecule has 0 spiro atoms. The zero-order chi connectivity index (χ0) is 11.4. The second-order valence-electron chi connectivity index (χ2n) is 3.82. The van der Waals surface area contributed by atoms with Crippen LogP contribution in [0.1, 0.15) is 36.2 Å². The minimum absolute atomic E-state index is 0.0921. The quantitative estimate of drug-likeness (QED) is 0.744. The highest BCUT2D eigenvalue weighted by Crippen LogP contribution is 2.16. The summed E-state index contributed by atoms with van der Waals surface area (Å²) < 4.78 is 0. The summed E-state index contributed by atoms with van der Waals surface area (Å²) >= 11 is 0. The molecule has 0 radical (unpaired) electrons. The van der Waals surface area contributed by atoms with E-state index in [4.69, 9.17) is 5.73 Å². The SMILES string of the molecule is CCC(C)NC(=O)c1cccc(C)c1N. The van der Waals surface area contributed by atoms with E-state index < -0.39 is 0 Å². The summed E-state index contributed by atoms with van der Waals surface area (Å²) in [7, 11) is 0. The number of aryl methyl sites for hydroxylation is 1. The van der Waals surface area contributed by atoms with Crippen LogP contribution in [0.15, 0.2) is 18.2 Å². The third kappa shape index (κ3) is 2.72. The molecule has 15 heavy (non-hydrogen) atoms. The minimum atomic E-state index is -0.0921. The number of amides is 1. The van der Waals surface area contributed by atoms with Gasteiger partial charge in [0.25, 0.3) is 5.91 Å². The average molecular weight is 206 g/mol. The Kier molecular flexibility index (Phi) is 3.72. The third-order valence-corrected chi connectivity index (χ3v) is 2.56. The Bertz CT molecular complexity index is 361. The maximum atomic E-state index is 11.8. The number of hydrogen-bond donors (Lipinski definition) is 2. The minimum Gasteiger partial charge on any atom is -0.398 e. The molecule has 0 aromatic heterocycles. The van der Waals surface area contributed by atoms with Crippen molar-refractivity contribution in [1.82, 2.24) is 5.32 Å². The number of nitrogens with one attached hydrogen (secondary N) is 1. The number of nitrogen functional groups attached to an aromatic ring is 1. The smallest absolute Gasteiger partial charge is 0.253 e. The van der Waals surface area contributed by atoms with Gasteiger partial charge in [-0.25, -0.2) is 0 Å². The molecule has 3 nitrogen and oxygen atoms in total. The van der Waals surface area contributed by atoms with Gasteiger partial charge in [0.15, 0.2) is 0 Å². The van der Waals surface area contributed by atoms with Crippen molar-refractivity contribution in [3.63, 3.8) is 0 Å². The molecule has 0 fully saturated rings. The number of anilines is 1. The number of hydrogen-bond acceptors (Lipinski definition) is 2. The van der Waals surface area contributed by atoms with Gasteiger partial charge in [-0.1, -0.05) is 19.1 Å². The van der Waals surface area contributed by atoms with Crippen LogP contribution in [0.25, 0.3) is 0 Å². The average Bonchev–Trinajstić information content (AvgIpc) is 2.21. The Morgan fingerprint density at radius 1 is 1.53 bits per heavy atom. The van der Waals surface area contributed by atoms with Gasteiger partial charge in [0.2, 0.25) is 0 Å². The van der Waals surface area contributed by atoms with Gasteiger partial charge in [-0.2, -0.15) is 0 Å². The molecule has 1 rings (SSSR count). The van der Waals surface area contributed by atoms with Gasteiger partial charge in [-0.15, -0.1) is 0 Å². The van der Waals surface area contributed by atoms with E-state index in [9.17, 15) is 4.79 Å². The fraction of sp³-hybridized carbons (Fsp3) is 0.417. The summed E-state index contributed by atoms with van der Waals surface area (Å²) in [6.45, 7) is 5.91. The summed E-state index contributed by atoms with van der Waals surface area (Å²) in [5, 5.41) is 2.89. The molecule has 3 N–H and O–H groups in total. The maximum absolute atomic E-state index is 11.8. The van der Waals surface area contributed by atoms with E-state index in [0.717, 1.165) is 12.0 Å². The van der Waals surface area contributed by atoms with Crippen LogP contribution >= 0.6 is 0 Å². The van der Waals surface area contributed by atoms with Crippen LogP contribution < -0.4 is 11.1 Å². The van der Waals surface area contributed by atoms with Crippen LogP contribution in [0.2, 0.25) is 0 Å². The molecular weight excluding hydrogens is 188 g/mol. The largest absolute Gasteiger partial charge is 0.398 e. The molecule has 3 heteroatoms. The molecule has 1 atom stereocenters. The molecule has 1 amide bonds. The molecule has 1 aromatic carbocycles. The summed E-state index contributed by atoms with van der Waals surface area (Å²) in [6, 6.07) is 5.67. The van der Waals surface area contributed by atoms with Gasteiger partial charge in [0.1, 0.15) is 0 Å². The lowest BCUT2D eigenvalue weighted by Crippen LogP contribution is -2.32. The van der Waals surface area contributed by atoms with Gasteiger partial charge < -0.3 is 11.1 Å². The van der Waals surface area contributed by atoms with Crippen molar-refractivity contribution in [1.29, 1.82) is 0 Å². The molecule has 0 aliphatic heterocycles. The zero-order valence-electron chi connectivity index (χ0n) is 9.50. The molecule has 82 valence electrons. The molecule has 1 unspecified atom stereocenters. The topological polar surface area (TPSA) is 55.1 Å². The molecule has 0 aliphatic rings. The van der Waals surface area contributed by atoms with Crippen molar-refractivity contribution in [2.24, 2.45) is 0 Å². The second kappa shape index (κ2) is 4.82. The monoisotopic (exact) mass is 206 g/mol. The van der Waals surface area contributed by atoms with Gasteiger partial charge in [-0.3, -0.25) is 4.79 Å². The molecule has 0 saturated carbocycles. The first kappa shape index (κ1) is 11.6. The highest BCUT2D eigenvalue weighted by molar-refractivity contribution is 5.99. The normalized spacial score (nSPS) is 12.2. The summed E-state index contributed by atoms with van der Waals surface area (Å²) in [5.41, 5.74) is 7.91. The van der Waals surface area contributed by atoms with Gasteiger partial charge in [-0.05, 0) is 31.9 Å². The number of para-hydroxylation sites is 1. The van der Waals surface area contributed by atoms with Crippen molar-refractivity contribution >= 4 is 11.6 Å². The number of carbonyl (C=O) groups is 1. The Balaban J connectivity index is 2.87. The van der Waals surface area contributed by atoms with Gasteiger partial charge >= 0.3 is 0 Å². The predicted molar refractivity (Wildman–Crippen MR) is 62.8 cm³/mol. The molecule has 0 bridgehead atoms. The van der Waals surface area contributed by atoms with Crippen molar-refractivity contribution < 1.29 is 4.79 Å². The molecule has 0 heterocycles. The Hall–Kier alpha value is -1.51. The van der Waals surface area contributed by atoms with E-state index in [2.05, 4.69) is 5.32 Å². The summed E-state index contributed by atoms with van der Waals surface area (Å²) in [5.74, 6) is -0.0921. The lowest BCUT2D eigenvalue weighted by atomic mass is 10.1. The summed E-state index contributed by atoms with van der Waals surface area (Å²) in [6.07, 6.45) is 0.914. The van der Waals surface area contributed by atoms with Crippen molar-refractivity contribution in [2.45, 2.75) is 33.2 Å². The van der Waals surface area contributed by atoms with Crippen molar-refractivity contribution in [3.8, 4) is 0 Å². The van der Waals surface area contributed by atoms with Crippen LogP contribution in [-0.2, 0) is 0 Å². The van der Waals surface area contributed by atoms with E-state index in [1.165, 1.54) is 0 Å². The van der Waals surface area contributed by atoms with Crippen LogP contribution in [-0.4, -0.2) is 11.9 Å². The van der Waals surface area contributed by atoms with E-state index in [0.29, 0.717) is 11.3 Å². The van der Waals surface area contributed by atoms with Crippen LogP contribution in [0.4, 0.5) is 5.69 Å². The van der Waals surface area contributed by atoms with Gasteiger partial charge in [0.05, 0.1) is 5.56 Å². The Morgan fingerprint density at radius 2 is 2.20 bits per heavy atom. The highest BCUT2D eigenvalue weighted by Gasteiger charge is 2.12. The van der Waals surface area contributed by atoms with Gasteiger partial charge in [0, 0.05) is 11.7 Å². The number of rotatable bonds is 3. The fourth-order valence-electron chi connectivity index (χ4n) is 1.28. The summed E-state index contributed by atoms with van der Waals surface area (Å²) in [4.78, 5) is 11.8. The Labute approximate surface area is 90.7 Å². The zero-order valence-corrected chi connectivity index (χ0v) is 9.50. The van der Waals surface area contributed by atoms with E-state index in [1.54, 1.807) is 6.07 Å². The number of benzene rings is 1. The number of carbonyl (C=O) groups excluding carboxylic acids is 1. The van der Waals surface area contributed by atoms with Crippen molar-refractivity contribution in [3.05, 3.63) is 29.3 Å². The van der Waals surface area contributed by atoms with E-state index in [-0.39, 0.29) is 11.9 Å². The molecule has 0 saturated heterocycles. The van der Waals surface area contributed by atoms with E-state index in [1.807, 2.05) is 32.9 Å². The standard InChI is InChI=1S/C12H18N2O/c1-4-9(3)14-12(15)10-7-5-6-8(2)11(10)13/h5-7,9H,4,13H2,1-3H3,(H,14,15). The molecule has 1 aromatic rings. The first-order chi connectivity index (χ1) is 7.06. The van der Waals surface area contributed by atoms with Crippen LogP contribution in [0.3, 0.4) is 0 Å². The third-order valence-electron chi connectivity index (χ3n) is 2.56. The van der Waals surface area contributed by atoms with E-state index >= 15 is 0 Å². The Morgan fingerprint density at radius 3 is 2.80 bits per heavy atom. The lowest BCUT2D eigenvalue weighted by molar-refractivity contribution is 0.0940. The fourth-order valence-corrected chi connectivity index (χ4v) is 1.28. The maximum Gasteiger partial charge on any atom is 0.253 e. The first-order valence-corrected chi connectivity index (χ1v) is 5.22. The van der Waals surface area contributed by atoms with Crippen molar-refractivity contribution in [2.75, 3.05) is 5.73 Å². The molecular formula is C12H18N2O. The predicted octanol–water partition coefficient (Wildman–Crippen LogP) is 2.11. The molecule has 0 aliphatic carbocycles. The highest BCUT2D eigenvalue weighted by atomic mass is 16.1. The first-order valence-electron chi connectivity index (χ1n) is 5.22. The second-order valence-corrected chi connectivity index (χ2v) is 3.82. The van der Waals surface area contributed by atoms with Crippen LogP contribution in [0, 0.1) is 6.92 Å².